The summed E-state index contributed by atoms with van der Waals surface area (Å²) in [4.78, 5) is 0. The Morgan fingerprint density at radius 1 is 0.476 bits per heavy atom. The van der Waals surface area contributed by atoms with Crippen molar-refractivity contribution in [1.82, 2.24) is 0 Å². The SMILES string of the molecule is CCCCCCCCCCC(O)CCCCCCCCC. The maximum absolute atomic E-state index is 9.96. The largest absolute Gasteiger partial charge is 0.393 e. The standard InChI is InChI=1S/C20H42O/c1-3-5-7-9-11-13-15-17-19-20(21)18-16-14-12-10-8-6-4-2/h20-21H,3-19H2,1-2H3. The highest BCUT2D eigenvalue weighted by Crippen LogP contribution is 2.14. The van der Waals surface area contributed by atoms with E-state index in [1.54, 1.807) is 0 Å². The van der Waals surface area contributed by atoms with E-state index in [9.17, 15) is 5.11 Å². The summed E-state index contributed by atoms with van der Waals surface area (Å²) in [6.07, 6.45) is 22.3. The van der Waals surface area contributed by atoms with Crippen molar-refractivity contribution in [2.24, 2.45) is 0 Å². The molecule has 1 N–H and O–H groups in total. The lowest BCUT2D eigenvalue weighted by Gasteiger charge is -2.10. The lowest BCUT2D eigenvalue weighted by atomic mass is 10.0. The van der Waals surface area contributed by atoms with Gasteiger partial charge < -0.3 is 5.11 Å². The van der Waals surface area contributed by atoms with Gasteiger partial charge in [0.05, 0.1) is 6.10 Å². The fourth-order valence-electron chi connectivity index (χ4n) is 3.00. The van der Waals surface area contributed by atoms with Crippen LogP contribution in [0.4, 0.5) is 0 Å². The second-order valence-corrected chi connectivity index (χ2v) is 6.83. The van der Waals surface area contributed by atoms with E-state index >= 15 is 0 Å². The molecule has 1 unspecified atom stereocenters. The van der Waals surface area contributed by atoms with Gasteiger partial charge in [-0.25, -0.2) is 0 Å². The Morgan fingerprint density at radius 3 is 1.10 bits per heavy atom. The molecule has 0 aliphatic rings. The molecule has 0 amide bonds. The summed E-state index contributed by atoms with van der Waals surface area (Å²) in [7, 11) is 0. The number of hydrogen-bond donors (Lipinski definition) is 1. The number of aliphatic hydroxyl groups excluding tert-OH is 1. The quantitative estimate of drug-likeness (QED) is 0.286. The minimum absolute atomic E-state index is 0.0271. The summed E-state index contributed by atoms with van der Waals surface area (Å²) in [5, 5.41) is 9.96. The molecule has 0 aromatic carbocycles. The van der Waals surface area contributed by atoms with Crippen molar-refractivity contribution in [3.63, 3.8) is 0 Å². The molecule has 0 heterocycles. The molecule has 1 heteroatoms. The van der Waals surface area contributed by atoms with Gasteiger partial charge in [0.25, 0.3) is 0 Å². The zero-order valence-corrected chi connectivity index (χ0v) is 15.0. The van der Waals surface area contributed by atoms with E-state index in [0.717, 1.165) is 12.8 Å². The summed E-state index contributed by atoms with van der Waals surface area (Å²) in [5.74, 6) is 0. The molecule has 0 rings (SSSR count). The predicted octanol–water partition coefficient (Wildman–Crippen LogP) is 7.02. The van der Waals surface area contributed by atoms with Crippen LogP contribution in [0.15, 0.2) is 0 Å². The zero-order chi connectivity index (χ0) is 15.6. The van der Waals surface area contributed by atoms with E-state index < -0.39 is 0 Å². The van der Waals surface area contributed by atoms with E-state index in [4.69, 9.17) is 0 Å². The van der Waals surface area contributed by atoms with Crippen molar-refractivity contribution in [3.05, 3.63) is 0 Å². The molecule has 0 bridgehead atoms. The monoisotopic (exact) mass is 298 g/mol. The number of unbranched alkanes of at least 4 members (excludes halogenated alkanes) is 13. The molecule has 0 spiro atoms. The third-order valence-electron chi connectivity index (χ3n) is 4.53. The number of hydrogen-bond acceptors (Lipinski definition) is 1. The van der Waals surface area contributed by atoms with Crippen LogP contribution in [0.3, 0.4) is 0 Å². The first-order valence-electron chi connectivity index (χ1n) is 9.99. The Labute approximate surface area is 134 Å². The van der Waals surface area contributed by atoms with Gasteiger partial charge in [0, 0.05) is 0 Å². The van der Waals surface area contributed by atoms with Crippen molar-refractivity contribution in [2.45, 2.75) is 129 Å². The first-order chi connectivity index (χ1) is 10.3. The lowest BCUT2D eigenvalue weighted by Crippen LogP contribution is -2.05. The minimum atomic E-state index is -0.0271. The van der Waals surface area contributed by atoms with Crippen LogP contribution in [0, 0.1) is 0 Å². The highest BCUT2D eigenvalue weighted by molar-refractivity contribution is 4.57. The Morgan fingerprint density at radius 2 is 0.762 bits per heavy atom. The smallest absolute Gasteiger partial charge is 0.0540 e. The average molecular weight is 299 g/mol. The van der Waals surface area contributed by atoms with Crippen molar-refractivity contribution < 1.29 is 5.11 Å². The first-order valence-corrected chi connectivity index (χ1v) is 9.99. The molecule has 128 valence electrons. The summed E-state index contributed by atoms with van der Waals surface area (Å²) in [5.41, 5.74) is 0. The average Bonchev–Trinajstić information content (AvgIpc) is 2.49. The Balaban J connectivity index is 3.11. The molecule has 0 aliphatic carbocycles. The Bertz CT molecular complexity index is 179. The van der Waals surface area contributed by atoms with Gasteiger partial charge in [0.2, 0.25) is 0 Å². The van der Waals surface area contributed by atoms with Crippen LogP contribution >= 0.6 is 0 Å². The predicted molar refractivity (Wildman–Crippen MR) is 95.8 cm³/mol. The topological polar surface area (TPSA) is 20.2 Å². The molecule has 0 fully saturated rings. The van der Waals surface area contributed by atoms with Gasteiger partial charge in [0.1, 0.15) is 0 Å². The Kier molecular flexibility index (Phi) is 18.0. The number of aliphatic hydroxyl groups is 1. The van der Waals surface area contributed by atoms with Crippen LogP contribution in [0.25, 0.3) is 0 Å². The van der Waals surface area contributed by atoms with Gasteiger partial charge in [-0.05, 0) is 12.8 Å². The first kappa shape index (κ1) is 21.0. The van der Waals surface area contributed by atoms with Crippen LogP contribution < -0.4 is 0 Å². The summed E-state index contributed by atoms with van der Waals surface area (Å²) in [6, 6.07) is 0. The minimum Gasteiger partial charge on any atom is -0.393 e. The normalized spacial score (nSPS) is 12.7. The zero-order valence-electron chi connectivity index (χ0n) is 15.0. The second-order valence-electron chi connectivity index (χ2n) is 6.83. The van der Waals surface area contributed by atoms with Crippen LogP contribution in [-0.2, 0) is 0 Å². The molecule has 0 saturated heterocycles. The van der Waals surface area contributed by atoms with E-state index in [2.05, 4.69) is 13.8 Å². The van der Waals surface area contributed by atoms with Crippen LogP contribution in [0.1, 0.15) is 123 Å². The van der Waals surface area contributed by atoms with Gasteiger partial charge in [-0.3, -0.25) is 0 Å². The van der Waals surface area contributed by atoms with Crippen molar-refractivity contribution in [1.29, 1.82) is 0 Å². The van der Waals surface area contributed by atoms with Gasteiger partial charge in [0.15, 0.2) is 0 Å². The molecule has 1 atom stereocenters. The summed E-state index contributed by atoms with van der Waals surface area (Å²) >= 11 is 0. The Hall–Kier alpha value is -0.0400. The van der Waals surface area contributed by atoms with Crippen molar-refractivity contribution >= 4 is 0 Å². The van der Waals surface area contributed by atoms with Gasteiger partial charge in [-0.15, -0.1) is 0 Å². The third kappa shape index (κ3) is 17.9. The summed E-state index contributed by atoms with van der Waals surface area (Å²) < 4.78 is 0. The van der Waals surface area contributed by atoms with Gasteiger partial charge >= 0.3 is 0 Å². The van der Waals surface area contributed by atoms with Gasteiger partial charge in [-0.2, -0.15) is 0 Å². The highest BCUT2D eigenvalue weighted by atomic mass is 16.3. The molecule has 21 heavy (non-hydrogen) atoms. The molecule has 1 nitrogen and oxygen atoms in total. The van der Waals surface area contributed by atoms with E-state index in [-0.39, 0.29) is 6.10 Å². The van der Waals surface area contributed by atoms with Crippen molar-refractivity contribution in [2.75, 3.05) is 0 Å². The molecule has 0 aromatic rings. The maximum Gasteiger partial charge on any atom is 0.0540 e. The molecule has 0 aromatic heterocycles. The fraction of sp³-hybridized carbons (Fsp3) is 1.00. The van der Waals surface area contributed by atoms with Crippen molar-refractivity contribution in [3.8, 4) is 0 Å². The van der Waals surface area contributed by atoms with Gasteiger partial charge in [-0.1, -0.05) is 110 Å². The van der Waals surface area contributed by atoms with E-state index in [1.807, 2.05) is 0 Å². The molecular formula is C20H42O. The second kappa shape index (κ2) is 18.0. The summed E-state index contributed by atoms with van der Waals surface area (Å²) in [6.45, 7) is 4.54. The van der Waals surface area contributed by atoms with Crippen LogP contribution in [0.2, 0.25) is 0 Å². The third-order valence-corrected chi connectivity index (χ3v) is 4.53. The molecular weight excluding hydrogens is 256 g/mol. The highest BCUT2D eigenvalue weighted by Gasteiger charge is 2.03. The molecule has 0 radical (unpaired) electrons. The lowest BCUT2D eigenvalue weighted by molar-refractivity contribution is 0.147. The van der Waals surface area contributed by atoms with Crippen LogP contribution in [0.5, 0.6) is 0 Å². The fourth-order valence-corrected chi connectivity index (χ4v) is 3.00. The van der Waals surface area contributed by atoms with Crippen LogP contribution in [-0.4, -0.2) is 11.2 Å². The van der Waals surface area contributed by atoms with E-state index in [0.29, 0.717) is 0 Å². The number of rotatable bonds is 17. The maximum atomic E-state index is 9.96. The molecule has 0 saturated carbocycles. The molecule has 0 aliphatic heterocycles. The van der Waals surface area contributed by atoms with E-state index in [1.165, 1.54) is 96.3 Å².